The third-order valence-corrected chi connectivity index (χ3v) is 4.38. The van der Waals surface area contributed by atoms with E-state index in [4.69, 9.17) is 5.73 Å². The van der Waals surface area contributed by atoms with Crippen LogP contribution in [0.1, 0.15) is 42.9 Å². The van der Waals surface area contributed by atoms with E-state index in [1.54, 1.807) is 13.0 Å². The molecule has 1 fully saturated rings. The van der Waals surface area contributed by atoms with Crippen LogP contribution in [-0.2, 0) is 0 Å². The maximum atomic E-state index is 13.4. The molecule has 20 heavy (non-hydrogen) atoms. The van der Waals surface area contributed by atoms with Gasteiger partial charge in [-0.15, -0.1) is 0 Å². The number of aliphatic hydroxyl groups excluding tert-OH is 1. The molecule has 0 amide bonds. The fraction of sp³-hybridized carbons (Fsp3) is 0.625. The first kappa shape index (κ1) is 15.4. The number of halogens is 1. The molecule has 4 heteroatoms. The Bertz CT molecular complexity index is 438. The Balaban J connectivity index is 2.09. The number of nitrogens with two attached hydrogens (primary N) is 1. The smallest absolute Gasteiger partial charge is 0.126 e. The van der Waals surface area contributed by atoms with E-state index < -0.39 is 0 Å². The predicted molar refractivity (Wildman–Crippen MR) is 78.9 cm³/mol. The van der Waals surface area contributed by atoms with E-state index in [9.17, 15) is 9.50 Å². The summed E-state index contributed by atoms with van der Waals surface area (Å²) in [6.45, 7) is 2.46. The molecule has 1 aliphatic carbocycles. The third-order valence-electron chi connectivity index (χ3n) is 4.38. The van der Waals surface area contributed by atoms with E-state index in [0.29, 0.717) is 24.1 Å². The van der Waals surface area contributed by atoms with E-state index in [1.807, 2.05) is 6.07 Å². The number of aryl methyl sites for hydroxylation is 1. The molecule has 3 nitrogen and oxygen atoms in total. The Morgan fingerprint density at radius 1 is 1.40 bits per heavy atom. The molecule has 1 saturated carbocycles. The summed E-state index contributed by atoms with van der Waals surface area (Å²) in [5, 5.41) is 13.0. The molecule has 0 spiro atoms. The van der Waals surface area contributed by atoms with Gasteiger partial charge in [-0.05, 0) is 42.9 Å². The first-order valence-electron chi connectivity index (χ1n) is 7.48. The van der Waals surface area contributed by atoms with Gasteiger partial charge in [-0.1, -0.05) is 25.0 Å². The molecule has 0 saturated heterocycles. The SMILES string of the molecule is Cc1cc(C(CN)NC2CCCCC2CO)ccc1F. The molecule has 2 rings (SSSR count). The molecule has 0 aromatic heterocycles. The van der Waals surface area contributed by atoms with Crippen LogP contribution in [0, 0.1) is 18.7 Å². The number of rotatable bonds is 5. The largest absolute Gasteiger partial charge is 0.396 e. The second-order valence-electron chi connectivity index (χ2n) is 5.80. The quantitative estimate of drug-likeness (QED) is 0.775. The summed E-state index contributed by atoms with van der Waals surface area (Å²) < 4.78 is 13.4. The maximum absolute atomic E-state index is 13.4. The van der Waals surface area contributed by atoms with Gasteiger partial charge in [0.15, 0.2) is 0 Å². The van der Waals surface area contributed by atoms with Crippen molar-refractivity contribution in [1.82, 2.24) is 5.32 Å². The van der Waals surface area contributed by atoms with Crippen molar-refractivity contribution in [2.75, 3.05) is 13.2 Å². The van der Waals surface area contributed by atoms with Gasteiger partial charge < -0.3 is 16.2 Å². The van der Waals surface area contributed by atoms with Gasteiger partial charge in [0, 0.05) is 25.2 Å². The van der Waals surface area contributed by atoms with E-state index in [1.165, 1.54) is 18.9 Å². The first-order chi connectivity index (χ1) is 9.65. The van der Waals surface area contributed by atoms with Crippen LogP contribution in [0.3, 0.4) is 0 Å². The number of aliphatic hydroxyl groups is 1. The van der Waals surface area contributed by atoms with Gasteiger partial charge in [0.2, 0.25) is 0 Å². The number of hydrogen-bond donors (Lipinski definition) is 3. The normalized spacial score (nSPS) is 24.6. The van der Waals surface area contributed by atoms with Gasteiger partial charge in [-0.25, -0.2) is 4.39 Å². The molecule has 0 radical (unpaired) electrons. The zero-order valence-electron chi connectivity index (χ0n) is 12.1. The molecule has 112 valence electrons. The molecule has 0 aliphatic heterocycles. The summed E-state index contributed by atoms with van der Waals surface area (Å²) in [6, 6.07) is 5.47. The highest BCUT2D eigenvalue weighted by atomic mass is 19.1. The second-order valence-corrected chi connectivity index (χ2v) is 5.80. The van der Waals surface area contributed by atoms with Crippen LogP contribution in [0.25, 0.3) is 0 Å². The van der Waals surface area contributed by atoms with Crippen LogP contribution in [0.5, 0.6) is 0 Å². The number of hydrogen-bond acceptors (Lipinski definition) is 3. The van der Waals surface area contributed by atoms with Gasteiger partial charge in [0.25, 0.3) is 0 Å². The van der Waals surface area contributed by atoms with Gasteiger partial charge in [-0.3, -0.25) is 0 Å². The van der Waals surface area contributed by atoms with E-state index in [-0.39, 0.29) is 18.5 Å². The van der Waals surface area contributed by atoms with Crippen molar-refractivity contribution in [3.63, 3.8) is 0 Å². The minimum absolute atomic E-state index is 0.0199. The van der Waals surface area contributed by atoms with Crippen LogP contribution in [0.2, 0.25) is 0 Å². The molecule has 4 N–H and O–H groups in total. The lowest BCUT2D eigenvalue weighted by molar-refractivity contribution is 0.146. The van der Waals surface area contributed by atoms with Gasteiger partial charge >= 0.3 is 0 Å². The second kappa shape index (κ2) is 7.16. The van der Waals surface area contributed by atoms with Crippen molar-refractivity contribution in [2.24, 2.45) is 11.7 Å². The van der Waals surface area contributed by atoms with Crippen molar-refractivity contribution in [1.29, 1.82) is 0 Å². The predicted octanol–water partition coefficient (Wildman–Crippen LogP) is 2.27. The minimum atomic E-state index is -0.185. The zero-order valence-corrected chi connectivity index (χ0v) is 12.1. The lowest BCUT2D eigenvalue weighted by Gasteiger charge is -2.34. The third kappa shape index (κ3) is 3.57. The Hall–Kier alpha value is -0.970. The summed E-state index contributed by atoms with van der Waals surface area (Å²) >= 11 is 0. The van der Waals surface area contributed by atoms with Gasteiger partial charge in [0.05, 0.1) is 0 Å². The highest BCUT2D eigenvalue weighted by Crippen LogP contribution is 2.26. The summed E-state index contributed by atoms with van der Waals surface area (Å²) in [4.78, 5) is 0. The molecular weight excluding hydrogens is 255 g/mol. The standard InChI is InChI=1S/C16H25FN2O/c1-11-8-12(6-7-14(11)17)16(9-18)19-15-5-3-2-4-13(15)10-20/h6-8,13,15-16,19-20H,2-5,9-10,18H2,1H3. The number of benzene rings is 1. The van der Waals surface area contributed by atoms with E-state index in [0.717, 1.165) is 18.4 Å². The van der Waals surface area contributed by atoms with Crippen LogP contribution < -0.4 is 11.1 Å². The summed E-state index contributed by atoms with van der Waals surface area (Å²) in [5.74, 6) is 0.120. The molecule has 3 atom stereocenters. The monoisotopic (exact) mass is 280 g/mol. The topological polar surface area (TPSA) is 58.3 Å². The van der Waals surface area contributed by atoms with E-state index in [2.05, 4.69) is 5.32 Å². The lowest BCUT2D eigenvalue weighted by Crippen LogP contribution is -2.44. The molecule has 1 aliphatic rings. The van der Waals surface area contributed by atoms with Gasteiger partial charge in [0.1, 0.15) is 5.82 Å². The highest BCUT2D eigenvalue weighted by Gasteiger charge is 2.26. The molecule has 0 heterocycles. The Morgan fingerprint density at radius 3 is 2.80 bits per heavy atom. The highest BCUT2D eigenvalue weighted by molar-refractivity contribution is 5.27. The van der Waals surface area contributed by atoms with Crippen LogP contribution in [0.4, 0.5) is 4.39 Å². The van der Waals surface area contributed by atoms with Crippen molar-refractivity contribution in [3.05, 3.63) is 35.1 Å². The van der Waals surface area contributed by atoms with E-state index >= 15 is 0 Å². The van der Waals surface area contributed by atoms with Crippen molar-refractivity contribution < 1.29 is 9.50 Å². The maximum Gasteiger partial charge on any atom is 0.126 e. The summed E-state index contributed by atoms with van der Waals surface area (Å²) in [7, 11) is 0. The average molecular weight is 280 g/mol. The Kier molecular flexibility index (Phi) is 5.52. The Labute approximate surface area is 120 Å². The lowest BCUT2D eigenvalue weighted by atomic mass is 9.84. The fourth-order valence-electron chi connectivity index (χ4n) is 3.09. The molecule has 1 aromatic rings. The first-order valence-corrected chi connectivity index (χ1v) is 7.48. The fourth-order valence-corrected chi connectivity index (χ4v) is 3.09. The molecular formula is C16H25FN2O. The van der Waals surface area contributed by atoms with Crippen LogP contribution in [-0.4, -0.2) is 24.3 Å². The van der Waals surface area contributed by atoms with Crippen molar-refractivity contribution in [3.8, 4) is 0 Å². The van der Waals surface area contributed by atoms with Gasteiger partial charge in [-0.2, -0.15) is 0 Å². The molecule has 1 aromatic carbocycles. The zero-order chi connectivity index (χ0) is 14.5. The van der Waals surface area contributed by atoms with Crippen LogP contribution >= 0.6 is 0 Å². The average Bonchev–Trinajstić information content (AvgIpc) is 2.48. The number of nitrogens with one attached hydrogen (secondary N) is 1. The molecule has 3 unspecified atom stereocenters. The summed E-state index contributed by atoms with van der Waals surface area (Å²) in [5.41, 5.74) is 7.54. The minimum Gasteiger partial charge on any atom is -0.396 e. The van der Waals surface area contributed by atoms with Crippen molar-refractivity contribution >= 4 is 0 Å². The summed E-state index contributed by atoms with van der Waals surface area (Å²) in [6.07, 6.45) is 4.51. The molecule has 0 bridgehead atoms. The Morgan fingerprint density at radius 2 is 2.15 bits per heavy atom. The van der Waals surface area contributed by atoms with Crippen molar-refractivity contribution in [2.45, 2.75) is 44.7 Å². The van der Waals surface area contributed by atoms with Crippen LogP contribution in [0.15, 0.2) is 18.2 Å².